The number of carbonyl (C=O) groups is 1. The molecule has 1 aliphatic carbocycles. The first-order valence-corrected chi connectivity index (χ1v) is 10.5. The van der Waals surface area contributed by atoms with Crippen molar-refractivity contribution in [2.24, 2.45) is 0 Å². The molecule has 0 unspecified atom stereocenters. The zero-order chi connectivity index (χ0) is 22.0. The van der Waals surface area contributed by atoms with Crippen LogP contribution in [0.4, 0.5) is 0 Å². The van der Waals surface area contributed by atoms with Crippen molar-refractivity contribution in [2.75, 3.05) is 28.3 Å². The molecule has 1 saturated carbocycles. The van der Waals surface area contributed by atoms with Crippen molar-refractivity contribution in [1.82, 2.24) is 24.8 Å². The van der Waals surface area contributed by atoms with Crippen molar-refractivity contribution in [1.29, 1.82) is 0 Å². The molecule has 1 amide bonds. The van der Waals surface area contributed by atoms with Crippen molar-refractivity contribution in [3.05, 3.63) is 54.0 Å². The van der Waals surface area contributed by atoms with Crippen LogP contribution in [0.5, 0.6) is 11.5 Å². The lowest BCUT2D eigenvalue weighted by Gasteiger charge is -2.43. The van der Waals surface area contributed by atoms with Crippen molar-refractivity contribution in [3.63, 3.8) is 0 Å². The van der Waals surface area contributed by atoms with Gasteiger partial charge in [-0.05, 0) is 63.5 Å². The largest absolute Gasteiger partial charge is 0.493 e. The zero-order valence-electron chi connectivity index (χ0n) is 18.5. The number of hydrogen-bond donors (Lipinski definition) is 1. The van der Waals surface area contributed by atoms with Crippen LogP contribution in [0.1, 0.15) is 41.7 Å². The van der Waals surface area contributed by atoms with E-state index in [0.717, 1.165) is 31.2 Å². The van der Waals surface area contributed by atoms with Crippen LogP contribution < -0.4 is 14.8 Å². The first-order valence-electron chi connectivity index (χ1n) is 10.5. The van der Waals surface area contributed by atoms with Gasteiger partial charge in [0.05, 0.1) is 19.8 Å². The van der Waals surface area contributed by atoms with Gasteiger partial charge >= 0.3 is 0 Å². The summed E-state index contributed by atoms with van der Waals surface area (Å²) in [6.07, 6.45) is 7.08. The normalized spacial score (nSPS) is 21.3. The number of carbonyl (C=O) groups excluding carboxylic acids is 1. The summed E-state index contributed by atoms with van der Waals surface area (Å²) in [4.78, 5) is 19.8. The Kier molecular flexibility index (Phi) is 5.82. The van der Waals surface area contributed by atoms with Crippen LogP contribution in [0.15, 0.2) is 42.7 Å². The minimum absolute atomic E-state index is 0.205. The Morgan fingerprint density at radius 1 is 1.16 bits per heavy atom. The second kappa shape index (κ2) is 8.55. The molecule has 0 aliphatic heterocycles. The smallest absolute Gasteiger partial charge is 0.272 e. The maximum Gasteiger partial charge on any atom is 0.272 e. The summed E-state index contributed by atoms with van der Waals surface area (Å²) in [5, 5.41) is 7.71. The van der Waals surface area contributed by atoms with Gasteiger partial charge in [-0.3, -0.25) is 4.79 Å². The van der Waals surface area contributed by atoms with Crippen LogP contribution in [-0.4, -0.2) is 59.8 Å². The van der Waals surface area contributed by atoms with E-state index in [-0.39, 0.29) is 5.91 Å². The number of hydrogen-bond acceptors (Lipinski definition) is 6. The molecule has 0 atom stereocenters. The molecule has 1 aromatic carbocycles. The molecule has 0 radical (unpaired) electrons. The summed E-state index contributed by atoms with van der Waals surface area (Å²) >= 11 is 0. The Bertz CT molecular complexity index is 1040. The molecule has 4 rings (SSSR count). The summed E-state index contributed by atoms with van der Waals surface area (Å²) in [5.41, 5.74) is 1.50. The standard InChI is InChI=1S/C23H29N5O3/c1-27(2)17-8-10-23(11-9-17,16-6-7-19(30-3)20(14-16)31-4)25-22(29)18-15-21-24-12-5-13-28(21)26-18/h5-7,12-15,17H,8-11H2,1-4H3,(H,25,29). The maximum absolute atomic E-state index is 13.3. The van der Waals surface area contributed by atoms with Crippen LogP contribution in [0.2, 0.25) is 0 Å². The third-order valence-corrected chi connectivity index (χ3v) is 6.30. The van der Waals surface area contributed by atoms with Crippen LogP contribution in [-0.2, 0) is 5.54 Å². The van der Waals surface area contributed by atoms with Crippen LogP contribution in [0.3, 0.4) is 0 Å². The molecule has 1 fully saturated rings. The molecule has 8 nitrogen and oxygen atoms in total. The number of fused-ring (bicyclic) bond motifs is 1. The Morgan fingerprint density at radius 3 is 2.55 bits per heavy atom. The highest BCUT2D eigenvalue weighted by Gasteiger charge is 2.39. The molecule has 0 spiro atoms. The fraction of sp³-hybridized carbons (Fsp3) is 0.435. The van der Waals surface area contributed by atoms with Crippen LogP contribution in [0, 0.1) is 0 Å². The topological polar surface area (TPSA) is 81.0 Å². The summed E-state index contributed by atoms with van der Waals surface area (Å²) in [7, 11) is 7.46. The number of amides is 1. The van der Waals surface area contributed by atoms with Crippen molar-refractivity contribution in [3.8, 4) is 11.5 Å². The van der Waals surface area contributed by atoms with Gasteiger partial charge in [0.15, 0.2) is 22.8 Å². The predicted molar refractivity (Wildman–Crippen MR) is 118 cm³/mol. The van der Waals surface area contributed by atoms with E-state index in [2.05, 4.69) is 34.4 Å². The van der Waals surface area contributed by atoms with Gasteiger partial charge < -0.3 is 19.7 Å². The van der Waals surface area contributed by atoms with Gasteiger partial charge in [0.25, 0.3) is 5.91 Å². The van der Waals surface area contributed by atoms with Crippen molar-refractivity contribution >= 4 is 11.6 Å². The van der Waals surface area contributed by atoms with Gasteiger partial charge in [-0.25, -0.2) is 9.50 Å². The number of nitrogens with one attached hydrogen (secondary N) is 1. The maximum atomic E-state index is 13.3. The lowest BCUT2D eigenvalue weighted by atomic mass is 9.74. The average Bonchev–Trinajstić information content (AvgIpc) is 3.23. The fourth-order valence-electron chi connectivity index (χ4n) is 4.45. The molecular formula is C23H29N5O3. The average molecular weight is 424 g/mol. The molecule has 0 saturated heterocycles. The van der Waals surface area contributed by atoms with E-state index in [1.54, 1.807) is 43.3 Å². The van der Waals surface area contributed by atoms with Gasteiger partial charge in [0, 0.05) is 24.5 Å². The number of nitrogens with zero attached hydrogens (tertiary/aromatic N) is 4. The molecule has 3 aromatic rings. The Balaban J connectivity index is 1.68. The lowest BCUT2D eigenvalue weighted by molar-refractivity contribution is 0.0818. The number of aromatic nitrogens is 3. The van der Waals surface area contributed by atoms with E-state index in [9.17, 15) is 4.79 Å². The monoisotopic (exact) mass is 423 g/mol. The van der Waals surface area contributed by atoms with Gasteiger partial charge in [-0.1, -0.05) is 6.07 Å². The second-order valence-electron chi connectivity index (χ2n) is 8.25. The minimum Gasteiger partial charge on any atom is -0.493 e. The third-order valence-electron chi connectivity index (χ3n) is 6.30. The summed E-state index contributed by atoms with van der Waals surface area (Å²) in [5.74, 6) is 1.12. The number of rotatable bonds is 6. The quantitative estimate of drug-likeness (QED) is 0.657. The van der Waals surface area contributed by atoms with Crippen LogP contribution in [0.25, 0.3) is 5.65 Å². The molecule has 2 heterocycles. The molecule has 2 aromatic heterocycles. The van der Waals surface area contributed by atoms with Gasteiger partial charge in [0.2, 0.25) is 0 Å². The van der Waals surface area contributed by atoms with Crippen molar-refractivity contribution < 1.29 is 14.3 Å². The molecule has 1 N–H and O–H groups in total. The highest BCUT2D eigenvalue weighted by Crippen LogP contribution is 2.41. The Hall–Kier alpha value is -3.13. The highest BCUT2D eigenvalue weighted by molar-refractivity contribution is 5.94. The van der Waals surface area contributed by atoms with Crippen LogP contribution >= 0.6 is 0 Å². The van der Waals surface area contributed by atoms with E-state index in [0.29, 0.717) is 28.9 Å². The molecule has 8 heteroatoms. The summed E-state index contributed by atoms with van der Waals surface area (Å²) in [6, 6.07) is 9.88. The van der Waals surface area contributed by atoms with E-state index in [4.69, 9.17) is 9.47 Å². The molecule has 0 bridgehead atoms. The number of methoxy groups -OCH3 is 2. The zero-order valence-corrected chi connectivity index (χ0v) is 18.5. The second-order valence-corrected chi connectivity index (χ2v) is 8.25. The highest BCUT2D eigenvalue weighted by atomic mass is 16.5. The van der Waals surface area contributed by atoms with E-state index in [1.165, 1.54) is 0 Å². The minimum atomic E-state index is -0.508. The lowest BCUT2D eigenvalue weighted by Crippen LogP contribution is -2.50. The first-order chi connectivity index (χ1) is 15.0. The third kappa shape index (κ3) is 4.07. The van der Waals surface area contributed by atoms with E-state index < -0.39 is 5.54 Å². The number of benzene rings is 1. The van der Waals surface area contributed by atoms with Gasteiger partial charge in [-0.15, -0.1) is 0 Å². The molecule has 1 aliphatic rings. The molecule has 164 valence electrons. The summed E-state index contributed by atoms with van der Waals surface area (Å²) < 4.78 is 12.5. The first kappa shape index (κ1) is 21.1. The number of ether oxygens (including phenoxy) is 2. The Labute approximate surface area is 182 Å². The fourth-order valence-corrected chi connectivity index (χ4v) is 4.45. The van der Waals surface area contributed by atoms with E-state index in [1.807, 2.05) is 18.2 Å². The predicted octanol–water partition coefficient (Wildman–Crippen LogP) is 2.88. The molecular weight excluding hydrogens is 394 g/mol. The van der Waals surface area contributed by atoms with Gasteiger partial charge in [-0.2, -0.15) is 5.10 Å². The molecule has 31 heavy (non-hydrogen) atoms. The SMILES string of the molecule is COc1ccc(C2(NC(=O)c3cc4ncccn4n3)CCC(N(C)C)CC2)cc1OC. The van der Waals surface area contributed by atoms with Gasteiger partial charge in [0.1, 0.15) is 0 Å². The van der Waals surface area contributed by atoms with Crippen molar-refractivity contribution in [2.45, 2.75) is 37.3 Å². The Morgan fingerprint density at radius 2 is 1.90 bits per heavy atom. The summed E-state index contributed by atoms with van der Waals surface area (Å²) in [6.45, 7) is 0. The van der Waals surface area contributed by atoms with E-state index >= 15 is 0 Å².